The zero-order valence-corrected chi connectivity index (χ0v) is 18.5. The third-order valence-electron chi connectivity index (χ3n) is 4.00. The van der Waals surface area contributed by atoms with E-state index in [0.717, 1.165) is 16.2 Å². The fourth-order valence-corrected chi connectivity index (χ4v) is 4.82. The number of benzene rings is 1. The molecule has 9 heteroatoms. The average Bonchev–Trinajstić information content (AvgIpc) is 3.13. The van der Waals surface area contributed by atoms with Crippen molar-refractivity contribution in [3.63, 3.8) is 0 Å². The Kier molecular flexibility index (Phi) is 7.85. The topological polar surface area (TPSA) is 83.0 Å². The van der Waals surface area contributed by atoms with Crippen LogP contribution in [-0.2, 0) is 16.6 Å². The van der Waals surface area contributed by atoms with Gasteiger partial charge in [0.2, 0.25) is 0 Å². The highest BCUT2D eigenvalue weighted by Gasteiger charge is 2.19. The fourth-order valence-electron chi connectivity index (χ4n) is 2.35. The summed E-state index contributed by atoms with van der Waals surface area (Å²) in [5.74, 6) is 1.50. The van der Waals surface area contributed by atoms with E-state index in [-0.39, 0.29) is 6.10 Å². The van der Waals surface area contributed by atoms with Gasteiger partial charge in [0, 0.05) is 26.0 Å². The van der Waals surface area contributed by atoms with Gasteiger partial charge in [-0.25, -0.2) is 12.7 Å². The van der Waals surface area contributed by atoms with E-state index < -0.39 is 10.0 Å². The number of guanidine groups is 1. The fraction of sp³-hybridized carbons (Fsp3) is 0.421. The van der Waals surface area contributed by atoms with E-state index in [9.17, 15) is 8.42 Å². The summed E-state index contributed by atoms with van der Waals surface area (Å²) < 4.78 is 31.8. The SMILES string of the molecule is CN=C(NCc1ccc(S(=O)(=O)N(C)C)s1)NCC(C)Oc1ccccc1C. The Hall–Kier alpha value is -2.10. The lowest BCUT2D eigenvalue weighted by molar-refractivity contribution is 0.222. The van der Waals surface area contributed by atoms with Gasteiger partial charge in [-0.15, -0.1) is 11.3 Å². The number of thiophene rings is 1. The van der Waals surface area contributed by atoms with Crippen molar-refractivity contribution in [1.29, 1.82) is 0 Å². The van der Waals surface area contributed by atoms with Crippen molar-refractivity contribution in [3.05, 3.63) is 46.8 Å². The molecule has 1 aromatic carbocycles. The summed E-state index contributed by atoms with van der Waals surface area (Å²) in [6, 6.07) is 11.3. The minimum Gasteiger partial charge on any atom is -0.489 e. The number of hydrogen-bond donors (Lipinski definition) is 2. The summed E-state index contributed by atoms with van der Waals surface area (Å²) in [5.41, 5.74) is 1.10. The van der Waals surface area contributed by atoms with E-state index in [2.05, 4.69) is 15.6 Å². The molecule has 0 bridgehead atoms. The first kappa shape index (κ1) is 22.2. The Morgan fingerprint density at radius 1 is 1.21 bits per heavy atom. The molecule has 7 nitrogen and oxygen atoms in total. The maximum absolute atomic E-state index is 12.2. The van der Waals surface area contributed by atoms with Crippen LogP contribution in [0.5, 0.6) is 5.75 Å². The van der Waals surface area contributed by atoms with Crippen LogP contribution in [0.25, 0.3) is 0 Å². The van der Waals surface area contributed by atoms with Gasteiger partial charge in [0.15, 0.2) is 5.96 Å². The third-order valence-corrected chi connectivity index (χ3v) is 7.37. The van der Waals surface area contributed by atoms with Crippen molar-refractivity contribution in [2.24, 2.45) is 4.99 Å². The lowest BCUT2D eigenvalue weighted by Crippen LogP contribution is -2.41. The monoisotopic (exact) mass is 424 g/mol. The molecule has 1 aromatic heterocycles. The molecular formula is C19H28N4O3S2. The number of aliphatic imine (C=N–C) groups is 1. The molecule has 1 heterocycles. The predicted octanol–water partition coefficient (Wildman–Crippen LogP) is 2.44. The maximum atomic E-state index is 12.2. The average molecular weight is 425 g/mol. The van der Waals surface area contributed by atoms with Gasteiger partial charge in [-0.3, -0.25) is 4.99 Å². The molecule has 0 radical (unpaired) electrons. The van der Waals surface area contributed by atoms with E-state index in [1.165, 1.54) is 29.7 Å². The summed E-state index contributed by atoms with van der Waals surface area (Å²) in [5, 5.41) is 6.42. The number of para-hydroxylation sites is 1. The smallest absolute Gasteiger partial charge is 0.252 e. The quantitative estimate of drug-likeness (QED) is 0.502. The first-order valence-electron chi connectivity index (χ1n) is 8.92. The molecule has 0 fully saturated rings. The Labute approximate surface area is 171 Å². The van der Waals surface area contributed by atoms with Gasteiger partial charge < -0.3 is 15.4 Å². The molecule has 2 rings (SSSR count). The Morgan fingerprint density at radius 2 is 1.93 bits per heavy atom. The van der Waals surface area contributed by atoms with E-state index in [1.807, 2.05) is 44.2 Å². The maximum Gasteiger partial charge on any atom is 0.252 e. The van der Waals surface area contributed by atoms with Gasteiger partial charge in [-0.2, -0.15) is 0 Å². The standard InChI is InChI=1S/C19H28N4O3S2/c1-14-8-6-7-9-17(14)26-15(2)12-21-19(20-3)22-13-16-10-11-18(27-16)28(24,25)23(4)5/h6-11,15H,12-13H2,1-5H3,(H2,20,21,22). The first-order valence-corrected chi connectivity index (χ1v) is 11.2. The summed E-state index contributed by atoms with van der Waals surface area (Å²) in [6.45, 7) is 5.07. The van der Waals surface area contributed by atoms with Crippen LogP contribution in [0.1, 0.15) is 17.4 Å². The zero-order chi connectivity index (χ0) is 20.7. The van der Waals surface area contributed by atoms with Gasteiger partial charge in [0.25, 0.3) is 10.0 Å². The van der Waals surface area contributed by atoms with Crippen molar-refractivity contribution in [2.75, 3.05) is 27.7 Å². The van der Waals surface area contributed by atoms with Gasteiger partial charge in [0.1, 0.15) is 16.1 Å². The molecule has 0 spiro atoms. The molecule has 0 aliphatic carbocycles. The molecule has 0 saturated heterocycles. The van der Waals surface area contributed by atoms with Crippen molar-refractivity contribution in [3.8, 4) is 5.75 Å². The Morgan fingerprint density at radius 3 is 2.57 bits per heavy atom. The van der Waals surface area contributed by atoms with Crippen LogP contribution < -0.4 is 15.4 Å². The second kappa shape index (κ2) is 9.90. The lowest BCUT2D eigenvalue weighted by atomic mass is 10.2. The van der Waals surface area contributed by atoms with Gasteiger partial charge in [-0.05, 0) is 37.6 Å². The van der Waals surface area contributed by atoms with E-state index in [1.54, 1.807) is 13.1 Å². The Bertz CT molecular complexity index is 907. The van der Waals surface area contributed by atoms with Crippen LogP contribution >= 0.6 is 11.3 Å². The number of aryl methyl sites for hydroxylation is 1. The van der Waals surface area contributed by atoms with E-state index in [4.69, 9.17) is 4.74 Å². The van der Waals surface area contributed by atoms with Crippen LogP contribution in [0.15, 0.2) is 45.6 Å². The summed E-state index contributed by atoms with van der Waals surface area (Å²) in [4.78, 5) is 5.11. The second-order valence-electron chi connectivity index (χ2n) is 6.51. The number of nitrogens with zero attached hydrogens (tertiary/aromatic N) is 2. The second-order valence-corrected chi connectivity index (χ2v) is 10.1. The number of nitrogens with one attached hydrogen (secondary N) is 2. The van der Waals surface area contributed by atoms with Crippen LogP contribution in [-0.4, -0.2) is 52.5 Å². The number of sulfonamides is 1. The third kappa shape index (κ3) is 5.95. The summed E-state index contributed by atoms with van der Waals surface area (Å²) in [7, 11) is 1.35. The Balaban J connectivity index is 1.85. The molecule has 0 aliphatic rings. The minimum absolute atomic E-state index is 0.0433. The molecule has 0 saturated carbocycles. The molecule has 0 aliphatic heterocycles. The van der Waals surface area contributed by atoms with E-state index >= 15 is 0 Å². The van der Waals surface area contributed by atoms with Crippen LogP contribution in [0.4, 0.5) is 0 Å². The first-order chi connectivity index (χ1) is 13.2. The molecule has 2 aromatic rings. The molecule has 28 heavy (non-hydrogen) atoms. The van der Waals surface area contributed by atoms with Crippen molar-refractivity contribution in [1.82, 2.24) is 14.9 Å². The van der Waals surface area contributed by atoms with Crippen LogP contribution in [0.2, 0.25) is 0 Å². The number of ether oxygens (including phenoxy) is 1. The minimum atomic E-state index is -3.39. The zero-order valence-electron chi connectivity index (χ0n) is 16.9. The van der Waals surface area contributed by atoms with Crippen LogP contribution in [0, 0.1) is 6.92 Å². The molecule has 1 unspecified atom stereocenters. The summed E-state index contributed by atoms with van der Waals surface area (Å²) in [6.07, 6.45) is -0.0433. The van der Waals surface area contributed by atoms with Crippen molar-refractivity contribution in [2.45, 2.75) is 30.7 Å². The highest BCUT2D eigenvalue weighted by Crippen LogP contribution is 2.23. The molecular weight excluding hydrogens is 396 g/mol. The molecule has 2 N–H and O–H groups in total. The van der Waals surface area contributed by atoms with Crippen molar-refractivity contribution < 1.29 is 13.2 Å². The van der Waals surface area contributed by atoms with E-state index in [0.29, 0.717) is 23.3 Å². The largest absolute Gasteiger partial charge is 0.489 e. The van der Waals surface area contributed by atoms with Gasteiger partial charge in [-0.1, -0.05) is 18.2 Å². The van der Waals surface area contributed by atoms with Crippen LogP contribution in [0.3, 0.4) is 0 Å². The number of rotatable bonds is 8. The molecule has 154 valence electrons. The van der Waals surface area contributed by atoms with Gasteiger partial charge >= 0.3 is 0 Å². The highest BCUT2D eigenvalue weighted by atomic mass is 32.2. The number of hydrogen-bond acceptors (Lipinski definition) is 5. The predicted molar refractivity (Wildman–Crippen MR) is 115 cm³/mol. The normalized spacial score (nSPS) is 13.4. The van der Waals surface area contributed by atoms with Gasteiger partial charge in [0.05, 0.1) is 13.1 Å². The summed E-state index contributed by atoms with van der Waals surface area (Å²) >= 11 is 1.25. The highest BCUT2D eigenvalue weighted by molar-refractivity contribution is 7.91. The lowest BCUT2D eigenvalue weighted by Gasteiger charge is -2.18. The van der Waals surface area contributed by atoms with Crippen molar-refractivity contribution >= 4 is 27.3 Å². The molecule has 1 atom stereocenters. The molecule has 0 amide bonds.